The molecule has 1 rings (SSSR count). The number of primary amides is 1. The predicted octanol–water partition coefficient (Wildman–Crippen LogP) is 1.71. The molecule has 0 saturated heterocycles. The monoisotopic (exact) mass is 197 g/mol. The Labute approximate surface area is 84.9 Å². The van der Waals surface area contributed by atoms with Crippen LogP contribution >= 0.6 is 0 Å². The van der Waals surface area contributed by atoms with E-state index in [4.69, 9.17) is 5.73 Å². The molecule has 4 nitrogen and oxygen atoms in total. The van der Waals surface area contributed by atoms with Gasteiger partial charge in [0.05, 0.1) is 0 Å². The highest BCUT2D eigenvalue weighted by molar-refractivity contribution is 5.90. The fourth-order valence-electron chi connectivity index (χ4n) is 2.07. The first-order chi connectivity index (χ1) is 6.50. The molecule has 0 heterocycles. The fourth-order valence-corrected chi connectivity index (χ4v) is 2.07. The minimum absolute atomic E-state index is 0.497. The number of nitrogens with zero attached hydrogens (tertiary/aromatic N) is 1. The summed E-state index contributed by atoms with van der Waals surface area (Å²) in [6.45, 7) is 6.58. The van der Waals surface area contributed by atoms with Gasteiger partial charge in [0.2, 0.25) is 0 Å². The summed E-state index contributed by atoms with van der Waals surface area (Å²) in [5, 5.41) is 4.07. The second-order valence-electron chi connectivity index (χ2n) is 4.47. The number of amides is 2. The van der Waals surface area contributed by atoms with Crippen molar-refractivity contribution in [2.45, 2.75) is 33.6 Å². The largest absolute Gasteiger partial charge is 0.350 e. The highest BCUT2D eigenvalue weighted by atomic mass is 16.2. The number of carbonyl (C=O) groups is 1. The van der Waals surface area contributed by atoms with E-state index in [1.54, 1.807) is 0 Å². The minimum atomic E-state index is -0.584. The summed E-state index contributed by atoms with van der Waals surface area (Å²) in [6.07, 6.45) is 2.14. The summed E-state index contributed by atoms with van der Waals surface area (Å²) in [6, 6.07) is -0.584. The maximum absolute atomic E-state index is 10.5. The molecule has 14 heavy (non-hydrogen) atoms. The Morgan fingerprint density at radius 3 is 2.79 bits per heavy atom. The lowest BCUT2D eigenvalue weighted by Gasteiger charge is -2.14. The van der Waals surface area contributed by atoms with Crippen molar-refractivity contribution in [3.05, 3.63) is 0 Å². The second-order valence-corrected chi connectivity index (χ2v) is 4.47. The molecule has 0 aromatic rings. The summed E-state index contributed by atoms with van der Waals surface area (Å²) >= 11 is 0. The van der Waals surface area contributed by atoms with Crippen LogP contribution in [0, 0.1) is 17.8 Å². The number of carbonyl (C=O) groups excluding carboxylic acids is 1. The molecular formula is C10H19N3O. The lowest BCUT2D eigenvalue weighted by atomic mass is 9.92. The van der Waals surface area contributed by atoms with E-state index in [2.05, 4.69) is 31.3 Å². The quantitative estimate of drug-likeness (QED) is 0.650. The molecule has 0 aromatic carbocycles. The zero-order valence-corrected chi connectivity index (χ0v) is 9.08. The van der Waals surface area contributed by atoms with Crippen molar-refractivity contribution < 1.29 is 4.79 Å². The van der Waals surface area contributed by atoms with E-state index >= 15 is 0 Å². The van der Waals surface area contributed by atoms with Gasteiger partial charge in [-0.2, -0.15) is 5.10 Å². The van der Waals surface area contributed by atoms with Crippen molar-refractivity contribution in [2.24, 2.45) is 28.6 Å². The van der Waals surface area contributed by atoms with E-state index in [0.29, 0.717) is 17.8 Å². The third kappa shape index (κ3) is 2.72. The van der Waals surface area contributed by atoms with Gasteiger partial charge in [0.1, 0.15) is 0 Å². The first kappa shape index (κ1) is 11.0. The number of urea groups is 1. The van der Waals surface area contributed by atoms with Crippen molar-refractivity contribution in [2.75, 3.05) is 0 Å². The van der Waals surface area contributed by atoms with Gasteiger partial charge in [-0.15, -0.1) is 0 Å². The number of nitrogens with one attached hydrogen (secondary N) is 1. The molecule has 3 N–H and O–H groups in total. The number of hydrogen-bond acceptors (Lipinski definition) is 2. The molecule has 2 unspecified atom stereocenters. The molecule has 0 aromatic heterocycles. The van der Waals surface area contributed by atoms with Gasteiger partial charge in [-0.3, -0.25) is 0 Å². The van der Waals surface area contributed by atoms with Gasteiger partial charge in [-0.05, 0) is 24.7 Å². The number of hydrazone groups is 1. The van der Waals surface area contributed by atoms with E-state index in [1.165, 1.54) is 0 Å². The van der Waals surface area contributed by atoms with Crippen LogP contribution in [0.25, 0.3) is 0 Å². The normalized spacial score (nSPS) is 29.9. The van der Waals surface area contributed by atoms with Crippen LogP contribution in [0.2, 0.25) is 0 Å². The van der Waals surface area contributed by atoms with Crippen LogP contribution in [0.4, 0.5) is 4.79 Å². The van der Waals surface area contributed by atoms with E-state index in [0.717, 1.165) is 18.6 Å². The molecule has 1 saturated carbocycles. The van der Waals surface area contributed by atoms with Gasteiger partial charge in [-0.1, -0.05) is 20.8 Å². The third-order valence-corrected chi connectivity index (χ3v) is 2.76. The highest BCUT2D eigenvalue weighted by Crippen LogP contribution is 2.33. The molecule has 0 bridgehead atoms. The molecular weight excluding hydrogens is 178 g/mol. The van der Waals surface area contributed by atoms with Crippen LogP contribution < -0.4 is 11.2 Å². The molecule has 1 fully saturated rings. The highest BCUT2D eigenvalue weighted by Gasteiger charge is 2.30. The first-order valence-electron chi connectivity index (χ1n) is 5.12. The molecule has 4 heteroatoms. The molecule has 1 aliphatic carbocycles. The molecule has 80 valence electrons. The maximum Gasteiger partial charge on any atom is 0.332 e. The number of nitrogens with two attached hydrogens (primary N) is 1. The van der Waals surface area contributed by atoms with Crippen molar-refractivity contribution in [3.8, 4) is 0 Å². The summed E-state index contributed by atoms with van der Waals surface area (Å²) in [5.74, 6) is 1.74. The smallest absolute Gasteiger partial charge is 0.332 e. The van der Waals surface area contributed by atoms with Crippen LogP contribution in [0.3, 0.4) is 0 Å². The van der Waals surface area contributed by atoms with Gasteiger partial charge in [0.15, 0.2) is 0 Å². The van der Waals surface area contributed by atoms with Crippen LogP contribution in [0.1, 0.15) is 33.6 Å². The van der Waals surface area contributed by atoms with Crippen molar-refractivity contribution in [1.82, 2.24) is 5.43 Å². The first-order valence-corrected chi connectivity index (χ1v) is 5.12. The molecule has 0 radical (unpaired) electrons. The van der Waals surface area contributed by atoms with Crippen LogP contribution in [0.15, 0.2) is 5.10 Å². The topological polar surface area (TPSA) is 67.5 Å². The van der Waals surface area contributed by atoms with E-state index in [-0.39, 0.29) is 0 Å². The Bertz CT molecular complexity index is 248. The molecule has 2 atom stereocenters. The maximum atomic E-state index is 10.5. The van der Waals surface area contributed by atoms with E-state index in [1.807, 2.05) is 0 Å². The Morgan fingerprint density at radius 2 is 2.29 bits per heavy atom. The number of hydrogen-bond donors (Lipinski definition) is 2. The average molecular weight is 197 g/mol. The van der Waals surface area contributed by atoms with Crippen molar-refractivity contribution in [1.29, 1.82) is 0 Å². The molecule has 2 amide bonds. The van der Waals surface area contributed by atoms with Crippen molar-refractivity contribution >= 4 is 11.7 Å². The van der Waals surface area contributed by atoms with Gasteiger partial charge in [0.25, 0.3) is 0 Å². The van der Waals surface area contributed by atoms with Crippen molar-refractivity contribution in [3.63, 3.8) is 0 Å². The van der Waals surface area contributed by atoms with E-state index < -0.39 is 6.03 Å². The van der Waals surface area contributed by atoms with Crippen LogP contribution in [0.5, 0.6) is 0 Å². The Morgan fingerprint density at radius 1 is 1.64 bits per heavy atom. The minimum Gasteiger partial charge on any atom is -0.350 e. The number of rotatable bonds is 2. The fraction of sp³-hybridized carbons (Fsp3) is 0.800. The van der Waals surface area contributed by atoms with Gasteiger partial charge in [0, 0.05) is 11.6 Å². The van der Waals surface area contributed by atoms with Gasteiger partial charge >= 0.3 is 6.03 Å². The SMILES string of the molecule is CC1C/C(=N\NC(N)=O)C(C(C)C)C1. The Kier molecular flexibility index (Phi) is 3.49. The standard InChI is InChI=1S/C10H19N3O/c1-6(2)8-4-7(3)5-9(8)12-13-10(11)14/h6-8H,4-5H2,1-3H3,(H3,11,13,14)/b12-9+. The predicted molar refractivity (Wildman–Crippen MR) is 56.9 cm³/mol. The lowest BCUT2D eigenvalue weighted by molar-refractivity contribution is 0.249. The zero-order chi connectivity index (χ0) is 10.7. The lowest BCUT2D eigenvalue weighted by Crippen LogP contribution is -2.27. The zero-order valence-electron chi connectivity index (χ0n) is 9.08. The van der Waals surface area contributed by atoms with E-state index in [9.17, 15) is 4.79 Å². The molecule has 0 spiro atoms. The van der Waals surface area contributed by atoms with Gasteiger partial charge < -0.3 is 5.73 Å². The Hall–Kier alpha value is -1.06. The summed E-state index contributed by atoms with van der Waals surface area (Å²) < 4.78 is 0. The summed E-state index contributed by atoms with van der Waals surface area (Å²) in [4.78, 5) is 10.5. The third-order valence-electron chi connectivity index (χ3n) is 2.76. The van der Waals surface area contributed by atoms with Crippen LogP contribution in [-0.4, -0.2) is 11.7 Å². The Balaban J connectivity index is 2.66. The average Bonchev–Trinajstić information content (AvgIpc) is 2.43. The molecule has 1 aliphatic rings. The van der Waals surface area contributed by atoms with Crippen LogP contribution in [-0.2, 0) is 0 Å². The van der Waals surface area contributed by atoms with Gasteiger partial charge in [-0.25, -0.2) is 10.2 Å². The summed E-state index contributed by atoms with van der Waals surface area (Å²) in [5.41, 5.74) is 8.38. The summed E-state index contributed by atoms with van der Waals surface area (Å²) in [7, 11) is 0. The second kappa shape index (κ2) is 4.44. The molecule has 0 aliphatic heterocycles.